The predicted octanol–water partition coefficient (Wildman–Crippen LogP) is 2.19. The lowest BCUT2D eigenvalue weighted by atomic mass is 10.0. The van der Waals surface area contributed by atoms with E-state index in [0.717, 1.165) is 25.9 Å². The summed E-state index contributed by atoms with van der Waals surface area (Å²) in [6.07, 6.45) is 8.64. The molecule has 21 heavy (non-hydrogen) atoms. The van der Waals surface area contributed by atoms with Crippen LogP contribution in [0.3, 0.4) is 0 Å². The number of hydrogen-bond donors (Lipinski definition) is 0. The Labute approximate surface area is 128 Å². The van der Waals surface area contributed by atoms with E-state index in [1.807, 2.05) is 10.9 Å². The second kappa shape index (κ2) is 5.26. The number of hydrogen-bond acceptors (Lipinski definition) is 5. The number of fused-ring (bicyclic) bond motifs is 1. The molecule has 0 saturated carbocycles. The van der Waals surface area contributed by atoms with Gasteiger partial charge in [-0.15, -0.1) is 0 Å². The molecule has 0 aromatic carbocycles. The Balaban J connectivity index is 1.76. The fourth-order valence-corrected chi connectivity index (χ4v) is 3.29. The molecule has 7 heteroatoms. The Hall–Kier alpha value is -1.69. The third kappa shape index (κ3) is 2.37. The Kier molecular flexibility index (Phi) is 3.25. The Bertz CT molecular complexity index is 661. The third-order valence-corrected chi connectivity index (χ3v) is 4.39. The third-order valence-electron chi connectivity index (χ3n) is 4.22. The summed E-state index contributed by atoms with van der Waals surface area (Å²) in [6, 6.07) is 0. The minimum atomic E-state index is 0.250. The summed E-state index contributed by atoms with van der Waals surface area (Å²) < 4.78 is 1.97. The smallest absolute Gasteiger partial charge is 0.241 e. The zero-order chi connectivity index (χ0) is 14.2. The van der Waals surface area contributed by atoms with Crippen molar-refractivity contribution in [2.45, 2.75) is 38.5 Å². The van der Waals surface area contributed by atoms with Gasteiger partial charge < -0.3 is 4.90 Å². The summed E-state index contributed by atoms with van der Waals surface area (Å²) in [5.41, 5.74) is 2.39. The summed E-state index contributed by atoms with van der Waals surface area (Å²) in [6.45, 7) is 1.98. The Morgan fingerprint density at radius 3 is 2.52 bits per heavy atom. The van der Waals surface area contributed by atoms with Gasteiger partial charge in [0, 0.05) is 18.8 Å². The molecular weight excluding hydrogens is 288 g/mol. The van der Waals surface area contributed by atoms with Crippen molar-refractivity contribution in [3.8, 4) is 5.95 Å². The van der Waals surface area contributed by atoms with E-state index >= 15 is 0 Å². The standard InChI is InChI=1S/C14H17ClN6/c15-12-17-13(20-7-3-4-8-20)19-14(18-12)21-9-16-10-5-1-2-6-11(10)21/h9H,1-8H2. The Morgan fingerprint density at radius 1 is 0.905 bits per heavy atom. The lowest BCUT2D eigenvalue weighted by Gasteiger charge is -2.17. The van der Waals surface area contributed by atoms with Crippen LogP contribution in [0.25, 0.3) is 5.95 Å². The monoisotopic (exact) mass is 304 g/mol. The van der Waals surface area contributed by atoms with Crippen LogP contribution in [0.4, 0.5) is 5.95 Å². The number of anilines is 1. The number of nitrogens with zero attached hydrogens (tertiary/aromatic N) is 6. The molecule has 6 nitrogen and oxygen atoms in total. The van der Waals surface area contributed by atoms with Crippen LogP contribution < -0.4 is 4.90 Å². The summed E-state index contributed by atoms with van der Waals surface area (Å²) in [7, 11) is 0. The van der Waals surface area contributed by atoms with Gasteiger partial charge in [-0.2, -0.15) is 15.0 Å². The normalized spacial score (nSPS) is 18.0. The van der Waals surface area contributed by atoms with E-state index in [-0.39, 0.29) is 5.28 Å². The second-order valence-corrected chi connectivity index (χ2v) is 5.95. The molecule has 3 heterocycles. The van der Waals surface area contributed by atoms with Crippen LogP contribution in [0.15, 0.2) is 6.33 Å². The lowest BCUT2D eigenvalue weighted by molar-refractivity contribution is 0.650. The first-order valence-electron chi connectivity index (χ1n) is 7.53. The average Bonchev–Trinajstić information content (AvgIpc) is 3.16. The summed E-state index contributed by atoms with van der Waals surface area (Å²) in [5.74, 6) is 1.27. The first-order valence-corrected chi connectivity index (χ1v) is 7.91. The van der Waals surface area contributed by atoms with E-state index in [9.17, 15) is 0 Å². The van der Waals surface area contributed by atoms with Gasteiger partial charge in [-0.05, 0) is 50.1 Å². The number of imidazole rings is 1. The number of rotatable bonds is 2. The highest BCUT2D eigenvalue weighted by molar-refractivity contribution is 6.28. The van der Waals surface area contributed by atoms with Crippen molar-refractivity contribution in [2.24, 2.45) is 0 Å². The highest BCUT2D eigenvalue weighted by atomic mass is 35.5. The molecule has 0 radical (unpaired) electrons. The minimum Gasteiger partial charge on any atom is -0.341 e. The van der Waals surface area contributed by atoms with Gasteiger partial charge in [0.05, 0.1) is 5.69 Å². The molecule has 0 amide bonds. The van der Waals surface area contributed by atoms with E-state index in [0.29, 0.717) is 11.9 Å². The highest BCUT2D eigenvalue weighted by Gasteiger charge is 2.21. The molecule has 2 aromatic heterocycles. The van der Waals surface area contributed by atoms with Crippen molar-refractivity contribution in [1.29, 1.82) is 0 Å². The van der Waals surface area contributed by atoms with Gasteiger partial charge in [0.25, 0.3) is 0 Å². The molecule has 1 aliphatic carbocycles. The molecule has 0 N–H and O–H groups in total. The molecule has 1 aliphatic heterocycles. The average molecular weight is 305 g/mol. The van der Waals surface area contributed by atoms with Gasteiger partial charge in [-0.25, -0.2) is 4.98 Å². The first-order chi connectivity index (χ1) is 10.3. The highest BCUT2D eigenvalue weighted by Crippen LogP contribution is 2.23. The largest absolute Gasteiger partial charge is 0.341 e. The van der Waals surface area contributed by atoms with Crippen LogP contribution in [0.1, 0.15) is 37.1 Å². The SMILES string of the molecule is Clc1nc(N2CCCC2)nc(-n2cnc3c2CCCC3)n1. The topological polar surface area (TPSA) is 59.7 Å². The summed E-state index contributed by atoms with van der Waals surface area (Å²) >= 11 is 6.11. The van der Waals surface area contributed by atoms with Crippen LogP contribution >= 0.6 is 11.6 Å². The molecule has 2 aromatic rings. The van der Waals surface area contributed by atoms with E-state index < -0.39 is 0 Å². The number of aryl methyl sites for hydroxylation is 1. The number of aromatic nitrogens is 5. The molecule has 0 bridgehead atoms. The molecule has 2 aliphatic rings. The van der Waals surface area contributed by atoms with Gasteiger partial charge in [0.2, 0.25) is 17.2 Å². The maximum atomic E-state index is 6.11. The molecule has 1 saturated heterocycles. The number of halogens is 1. The quantitative estimate of drug-likeness (QED) is 0.851. The van der Waals surface area contributed by atoms with Crippen molar-refractivity contribution in [1.82, 2.24) is 24.5 Å². The van der Waals surface area contributed by atoms with Crippen molar-refractivity contribution in [3.63, 3.8) is 0 Å². The van der Waals surface area contributed by atoms with E-state index in [2.05, 4.69) is 24.8 Å². The lowest BCUT2D eigenvalue weighted by Crippen LogP contribution is -2.22. The maximum Gasteiger partial charge on any atom is 0.241 e. The maximum absolute atomic E-state index is 6.11. The molecule has 1 fully saturated rings. The van der Waals surface area contributed by atoms with Gasteiger partial charge >= 0.3 is 0 Å². The van der Waals surface area contributed by atoms with Gasteiger partial charge in [-0.1, -0.05) is 0 Å². The molecule has 110 valence electrons. The summed E-state index contributed by atoms with van der Waals surface area (Å²) in [4.78, 5) is 19.8. The molecule has 0 atom stereocenters. The van der Waals surface area contributed by atoms with Crippen molar-refractivity contribution in [3.05, 3.63) is 23.0 Å². The van der Waals surface area contributed by atoms with Crippen LogP contribution in [0.5, 0.6) is 0 Å². The van der Waals surface area contributed by atoms with Gasteiger partial charge in [0.15, 0.2) is 0 Å². The van der Waals surface area contributed by atoms with Crippen molar-refractivity contribution in [2.75, 3.05) is 18.0 Å². The molecule has 0 unspecified atom stereocenters. The van der Waals surface area contributed by atoms with Crippen LogP contribution in [-0.2, 0) is 12.8 Å². The fourth-order valence-electron chi connectivity index (χ4n) is 3.14. The van der Waals surface area contributed by atoms with Gasteiger partial charge in [-0.3, -0.25) is 4.57 Å². The van der Waals surface area contributed by atoms with Crippen LogP contribution in [0, 0.1) is 0 Å². The Morgan fingerprint density at radius 2 is 1.67 bits per heavy atom. The summed E-state index contributed by atoms with van der Waals surface area (Å²) in [5, 5.41) is 0.250. The fraction of sp³-hybridized carbons (Fsp3) is 0.571. The van der Waals surface area contributed by atoms with E-state index in [1.165, 1.54) is 37.1 Å². The zero-order valence-corrected chi connectivity index (χ0v) is 12.6. The van der Waals surface area contributed by atoms with E-state index in [4.69, 9.17) is 11.6 Å². The predicted molar refractivity (Wildman–Crippen MR) is 80.0 cm³/mol. The van der Waals surface area contributed by atoms with Crippen LogP contribution in [0.2, 0.25) is 5.28 Å². The minimum absolute atomic E-state index is 0.250. The van der Waals surface area contributed by atoms with Gasteiger partial charge in [0.1, 0.15) is 6.33 Å². The zero-order valence-electron chi connectivity index (χ0n) is 11.8. The molecular formula is C14H17ClN6. The molecule has 4 rings (SSSR count). The molecule has 0 spiro atoms. The first kappa shape index (κ1) is 13.0. The second-order valence-electron chi connectivity index (χ2n) is 5.61. The van der Waals surface area contributed by atoms with E-state index in [1.54, 1.807) is 0 Å². The van der Waals surface area contributed by atoms with Crippen molar-refractivity contribution >= 4 is 17.5 Å². The van der Waals surface area contributed by atoms with Crippen LogP contribution in [-0.4, -0.2) is 37.6 Å². The van der Waals surface area contributed by atoms with Crippen molar-refractivity contribution < 1.29 is 0 Å².